The van der Waals surface area contributed by atoms with Gasteiger partial charge in [-0.2, -0.15) is 0 Å². The van der Waals surface area contributed by atoms with Crippen molar-refractivity contribution < 1.29 is 9.90 Å². The molecular weight excluding hydrogens is 383 g/mol. The minimum Gasteiger partial charge on any atom is -0.480 e. The number of carbonyl (C=O) groups is 1. The van der Waals surface area contributed by atoms with E-state index < -0.39 is 10.8 Å². The van der Waals surface area contributed by atoms with Gasteiger partial charge in [0.25, 0.3) is 0 Å². The predicted octanol–water partition coefficient (Wildman–Crippen LogP) is 2.68. The molecule has 1 N–H and O–H groups in total. The van der Waals surface area contributed by atoms with E-state index in [1.807, 2.05) is 18.2 Å². The minimum absolute atomic E-state index is 0.262. The fraction of sp³-hybridized carbons (Fsp3) is 0.308. The Morgan fingerprint density at radius 3 is 2.78 bits per heavy atom. The number of rotatable bonds is 3. The van der Waals surface area contributed by atoms with E-state index in [0.717, 1.165) is 28.9 Å². The Bertz CT molecular complexity index is 597. The number of hydrogen-bond acceptors (Lipinski definition) is 1. The molecule has 0 saturated carbocycles. The number of alkyl halides is 2. The zero-order chi connectivity index (χ0) is 13.3. The van der Waals surface area contributed by atoms with Gasteiger partial charge in [0.05, 0.1) is 4.83 Å². The number of carboxylic acids is 1. The van der Waals surface area contributed by atoms with Crippen LogP contribution in [0.25, 0.3) is 11.6 Å². The van der Waals surface area contributed by atoms with Gasteiger partial charge in [0, 0.05) is 10.2 Å². The topological polar surface area (TPSA) is 37.3 Å². The molecule has 0 aromatic heterocycles. The largest absolute Gasteiger partial charge is 0.480 e. The monoisotopic (exact) mass is 392 g/mol. The molecule has 2 unspecified atom stereocenters. The predicted molar refractivity (Wildman–Crippen MR) is 80.9 cm³/mol. The average molecular weight is 394 g/mol. The molecule has 96 valence electrons. The first-order valence-electron chi connectivity index (χ1n) is 5.51. The highest BCUT2D eigenvalue weighted by Gasteiger charge is 2.27. The van der Waals surface area contributed by atoms with Crippen LogP contribution in [-0.4, -0.2) is 20.7 Å². The van der Waals surface area contributed by atoms with Crippen molar-refractivity contribution in [3.05, 3.63) is 33.7 Å². The van der Waals surface area contributed by atoms with E-state index in [1.54, 1.807) is 0 Å². The number of carboxylic acid groups (broad SMARTS) is 1. The molecule has 2 atom stereocenters. The third-order valence-electron chi connectivity index (χ3n) is 2.97. The maximum Gasteiger partial charge on any atom is 0.318 e. The summed E-state index contributed by atoms with van der Waals surface area (Å²) < 4.78 is 0. The van der Waals surface area contributed by atoms with Crippen LogP contribution >= 0.6 is 43.5 Å². The van der Waals surface area contributed by atoms with Crippen molar-refractivity contribution in [2.75, 3.05) is 0 Å². The van der Waals surface area contributed by atoms with Crippen molar-refractivity contribution in [2.45, 2.75) is 22.5 Å². The van der Waals surface area contributed by atoms with E-state index in [0.29, 0.717) is 5.02 Å². The van der Waals surface area contributed by atoms with Crippen LogP contribution in [-0.2, 0) is 4.79 Å². The Balaban J connectivity index is 2.62. The molecule has 0 bridgehead atoms. The minimum atomic E-state index is -0.882. The Morgan fingerprint density at radius 1 is 1.39 bits per heavy atom. The lowest BCUT2D eigenvalue weighted by Crippen LogP contribution is -2.36. The molecule has 0 fully saturated rings. The van der Waals surface area contributed by atoms with E-state index in [-0.39, 0.29) is 4.83 Å². The number of aliphatic carboxylic acids is 1. The maximum absolute atomic E-state index is 11.0. The van der Waals surface area contributed by atoms with E-state index in [1.165, 1.54) is 0 Å². The zero-order valence-electron chi connectivity index (χ0n) is 9.37. The van der Waals surface area contributed by atoms with Crippen molar-refractivity contribution >= 4 is 61.1 Å². The highest BCUT2D eigenvalue weighted by atomic mass is 79.9. The third kappa shape index (κ3) is 2.65. The highest BCUT2D eigenvalue weighted by molar-refractivity contribution is 9.12. The molecule has 0 heterocycles. The van der Waals surface area contributed by atoms with Crippen LogP contribution in [0.15, 0.2) is 18.2 Å². The molecule has 0 aliphatic heterocycles. The summed E-state index contributed by atoms with van der Waals surface area (Å²) in [7, 11) is 0. The zero-order valence-corrected chi connectivity index (χ0v) is 13.3. The second-order valence-electron chi connectivity index (χ2n) is 4.11. The molecule has 0 radical (unpaired) electrons. The van der Waals surface area contributed by atoms with E-state index in [4.69, 9.17) is 16.7 Å². The van der Waals surface area contributed by atoms with Gasteiger partial charge in [-0.25, -0.2) is 0 Å². The molecule has 2 nitrogen and oxygen atoms in total. The average Bonchev–Trinajstić information content (AvgIpc) is 2.36. The molecular formula is C13H11Br2ClO2. The molecule has 1 aromatic carbocycles. The molecule has 18 heavy (non-hydrogen) atoms. The van der Waals surface area contributed by atoms with Gasteiger partial charge >= 0.3 is 5.97 Å². The summed E-state index contributed by atoms with van der Waals surface area (Å²) in [5, 5.41) is 11.8. The lowest BCUT2D eigenvalue weighted by Gasteiger charge is -2.20. The van der Waals surface area contributed by atoms with Crippen molar-refractivity contribution in [3.8, 4) is 0 Å². The van der Waals surface area contributed by atoms with Crippen molar-refractivity contribution in [2.24, 2.45) is 0 Å². The molecule has 0 amide bonds. The fourth-order valence-electron chi connectivity index (χ4n) is 2.14. The van der Waals surface area contributed by atoms with E-state index in [2.05, 4.69) is 37.9 Å². The highest BCUT2D eigenvalue weighted by Crippen LogP contribution is 2.27. The van der Waals surface area contributed by atoms with Crippen LogP contribution in [0.5, 0.6) is 0 Å². The van der Waals surface area contributed by atoms with Crippen LogP contribution in [0.4, 0.5) is 0 Å². The van der Waals surface area contributed by atoms with Gasteiger partial charge in [-0.1, -0.05) is 61.7 Å². The van der Waals surface area contributed by atoms with Crippen LogP contribution in [0, 0.1) is 0 Å². The molecule has 5 heteroatoms. The quantitative estimate of drug-likeness (QED) is 0.801. The summed E-state index contributed by atoms with van der Waals surface area (Å²) in [6.07, 6.45) is 3.86. The second kappa shape index (κ2) is 5.76. The number of fused-ring (bicyclic) bond motifs is 1. The Hall–Kier alpha value is -0.320. The van der Waals surface area contributed by atoms with Gasteiger partial charge in [-0.15, -0.1) is 0 Å². The number of hydrogen-bond donors (Lipinski definition) is 1. The summed E-state index contributed by atoms with van der Waals surface area (Å²) in [6, 6.07) is 5.75. The van der Waals surface area contributed by atoms with Crippen molar-refractivity contribution in [1.29, 1.82) is 0 Å². The first-order chi connectivity index (χ1) is 8.52. The summed E-state index contributed by atoms with van der Waals surface area (Å²) in [5.41, 5.74) is 1.04. The van der Waals surface area contributed by atoms with E-state index >= 15 is 0 Å². The number of benzene rings is 1. The number of halogens is 3. The summed E-state index contributed by atoms with van der Waals surface area (Å²) >= 11 is 12.9. The molecule has 1 aromatic rings. The van der Waals surface area contributed by atoms with Crippen LogP contribution in [0.2, 0.25) is 5.02 Å². The second-order valence-corrected chi connectivity index (χ2v) is 6.49. The van der Waals surface area contributed by atoms with Gasteiger partial charge in [-0.05, 0) is 29.7 Å². The molecule has 1 aliphatic rings. The van der Waals surface area contributed by atoms with Gasteiger partial charge in [0.1, 0.15) is 4.83 Å². The van der Waals surface area contributed by atoms with Gasteiger partial charge in [0.15, 0.2) is 0 Å². The first-order valence-corrected chi connectivity index (χ1v) is 7.72. The molecule has 2 rings (SSSR count). The van der Waals surface area contributed by atoms with Crippen LogP contribution in [0.1, 0.15) is 12.8 Å². The maximum atomic E-state index is 11.0. The summed E-state index contributed by atoms with van der Waals surface area (Å²) in [5.74, 6) is -0.882. The Kier molecular flexibility index (Phi) is 4.51. The lowest BCUT2D eigenvalue weighted by molar-refractivity contribution is -0.136. The lowest BCUT2D eigenvalue weighted by atomic mass is 9.96. The summed E-state index contributed by atoms with van der Waals surface area (Å²) in [4.78, 5) is 10.1. The Labute approximate surface area is 127 Å². The van der Waals surface area contributed by atoms with E-state index in [9.17, 15) is 4.79 Å². The van der Waals surface area contributed by atoms with Crippen LogP contribution in [0.3, 0.4) is 0 Å². The van der Waals surface area contributed by atoms with Gasteiger partial charge in [-0.3, -0.25) is 4.79 Å². The van der Waals surface area contributed by atoms with Gasteiger partial charge < -0.3 is 5.11 Å². The normalized spacial score (nSPS) is 17.6. The fourth-order valence-corrected chi connectivity index (χ4v) is 3.44. The molecule has 0 saturated heterocycles. The van der Waals surface area contributed by atoms with Crippen molar-refractivity contribution in [1.82, 2.24) is 0 Å². The Morgan fingerprint density at radius 2 is 2.11 bits per heavy atom. The molecule has 1 aliphatic carbocycles. The summed E-state index contributed by atoms with van der Waals surface area (Å²) in [6.45, 7) is 0. The van der Waals surface area contributed by atoms with Crippen LogP contribution < -0.4 is 10.4 Å². The standard InChI is InChI=1S/C13H11Br2ClO2/c14-11(12(15)13(17)18)8-5-1-3-7-4-2-6-9(16)10(7)8/h2-4,6,11-12H,1,5H2,(H,17,18). The smallest absolute Gasteiger partial charge is 0.318 e. The third-order valence-corrected chi connectivity index (χ3v) is 6.00. The van der Waals surface area contributed by atoms with Crippen molar-refractivity contribution in [3.63, 3.8) is 0 Å². The van der Waals surface area contributed by atoms with Gasteiger partial charge in [0.2, 0.25) is 0 Å². The first kappa shape index (κ1) is 14.1. The SMILES string of the molecule is O=C(O)C(Br)C(Br)C1=c2c(Cl)cccc2=CCC1. The molecule has 0 spiro atoms.